The second-order valence-electron chi connectivity index (χ2n) is 5.78. The quantitative estimate of drug-likeness (QED) is 0.886. The third-order valence-corrected chi connectivity index (χ3v) is 4.04. The fourth-order valence-corrected chi connectivity index (χ4v) is 2.64. The Morgan fingerprint density at radius 3 is 2.95 bits per heavy atom. The first-order chi connectivity index (χ1) is 9.58. The molecule has 2 N–H and O–H groups in total. The number of nitrogens with one attached hydrogen (secondary N) is 2. The summed E-state index contributed by atoms with van der Waals surface area (Å²) in [5.41, 5.74) is 0.605. The van der Waals surface area contributed by atoms with Crippen LogP contribution in [0.3, 0.4) is 0 Å². The summed E-state index contributed by atoms with van der Waals surface area (Å²) in [6.07, 6.45) is 1.40. The van der Waals surface area contributed by atoms with E-state index in [4.69, 9.17) is 0 Å². The van der Waals surface area contributed by atoms with E-state index in [1.807, 2.05) is 6.92 Å². The fraction of sp³-hybridized carbons (Fsp3) is 0.562. The molecule has 0 saturated carbocycles. The van der Waals surface area contributed by atoms with Crippen molar-refractivity contribution in [2.45, 2.75) is 32.7 Å². The summed E-state index contributed by atoms with van der Waals surface area (Å²) in [5, 5.41) is 6.42. The molecule has 4 heteroatoms. The number of hydrogen-bond acceptors (Lipinski definition) is 2. The van der Waals surface area contributed by atoms with Gasteiger partial charge < -0.3 is 10.6 Å². The highest BCUT2D eigenvalue weighted by Gasteiger charge is 2.24. The first-order valence-electron chi connectivity index (χ1n) is 7.32. The average molecular weight is 278 g/mol. The topological polar surface area (TPSA) is 41.1 Å². The number of carbonyl (C=O) groups is 1. The van der Waals surface area contributed by atoms with Gasteiger partial charge in [0.1, 0.15) is 5.82 Å². The van der Waals surface area contributed by atoms with Crippen LogP contribution >= 0.6 is 0 Å². The van der Waals surface area contributed by atoms with Crippen molar-refractivity contribution < 1.29 is 9.18 Å². The zero-order valence-electron chi connectivity index (χ0n) is 12.2. The third-order valence-electron chi connectivity index (χ3n) is 4.04. The molecule has 3 atom stereocenters. The first-order valence-corrected chi connectivity index (χ1v) is 7.32. The summed E-state index contributed by atoms with van der Waals surface area (Å²) >= 11 is 0. The number of halogens is 1. The van der Waals surface area contributed by atoms with Gasteiger partial charge in [0, 0.05) is 12.0 Å². The monoisotopic (exact) mass is 278 g/mol. The summed E-state index contributed by atoms with van der Waals surface area (Å²) in [6, 6.07) is 6.88. The zero-order chi connectivity index (χ0) is 14.5. The number of rotatable bonds is 4. The summed E-state index contributed by atoms with van der Waals surface area (Å²) in [7, 11) is 0. The van der Waals surface area contributed by atoms with Gasteiger partial charge in [0.15, 0.2) is 0 Å². The van der Waals surface area contributed by atoms with E-state index >= 15 is 0 Å². The van der Waals surface area contributed by atoms with E-state index in [9.17, 15) is 9.18 Å². The highest BCUT2D eigenvalue weighted by atomic mass is 19.1. The normalized spacial score (nSPS) is 24.1. The van der Waals surface area contributed by atoms with Gasteiger partial charge in [-0.25, -0.2) is 4.39 Å². The molecule has 0 spiro atoms. The summed E-state index contributed by atoms with van der Waals surface area (Å²) in [6.45, 7) is 5.87. The molecule has 1 fully saturated rings. The lowest BCUT2D eigenvalue weighted by atomic mass is 9.93. The number of hydrogen-bond donors (Lipinski definition) is 2. The van der Waals surface area contributed by atoms with Crippen LogP contribution in [-0.4, -0.2) is 25.0 Å². The van der Waals surface area contributed by atoms with Crippen molar-refractivity contribution in [3.63, 3.8) is 0 Å². The SMILES string of the molecule is CC(Cc1ccccc1F)C(=O)NC1CCNCC1C. The van der Waals surface area contributed by atoms with Crippen LogP contribution in [0.4, 0.5) is 4.39 Å². The molecule has 0 bridgehead atoms. The zero-order valence-corrected chi connectivity index (χ0v) is 12.2. The largest absolute Gasteiger partial charge is 0.353 e. The lowest BCUT2D eigenvalue weighted by Gasteiger charge is -2.31. The molecule has 0 aromatic heterocycles. The van der Waals surface area contributed by atoms with E-state index < -0.39 is 0 Å². The standard InChI is InChI=1S/C16H23FN2O/c1-11(9-13-5-3-4-6-14(13)17)16(20)19-15-7-8-18-10-12(15)2/h3-6,11-12,15,18H,7-10H2,1-2H3,(H,19,20). The van der Waals surface area contributed by atoms with Crippen LogP contribution in [0, 0.1) is 17.7 Å². The molecule has 1 saturated heterocycles. The molecule has 1 aliphatic rings. The van der Waals surface area contributed by atoms with Crippen LogP contribution in [-0.2, 0) is 11.2 Å². The lowest BCUT2D eigenvalue weighted by Crippen LogP contribution is -2.49. The average Bonchev–Trinajstić information content (AvgIpc) is 2.43. The maximum absolute atomic E-state index is 13.6. The number of carbonyl (C=O) groups excluding carboxylic acids is 1. The molecule has 1 heterocycles. The van der Waals surface area contributed by atoms with Crippen molar-refractivity contribution in [2.24, 2.45) is 11.8 Å². The molecule has 0 aliphatic carbocycles. The van der Waals surface area contributed by atoms with Crippen LogP contribution < -0.4 is 10.6 Å². The first kappa shape index (κ1) is 15.0. The van der Waals surface area contributed by atoms with Crippen molar-refractivity contribution in [2.75, 3.05) is 13.1 Å². The Kier molecular flexibility index (Phi) is 5.12. The summed E-state index contributed by atoms with van der Waals surface area (Å²) < 4.78 is 13.6. The van der Waals surface area contributed by atoms with Gasteiger partial charge in [-0.05, 0) is 43.5 Å². The van der Waals surface area contributed by atoms with Crippen LogP contribution in [0.25, 0.3) is 0 Å². The number of benzene rings is 1. The van der Waals surface area contributed by atoms with Crippen molar-refractivity contribution >= 4 is 5.91 Å². The lowest BCUT2D eigenvalue weighted by molar-refractivity contribution is -0.125. The van der Waals surface area contributed by atoms with Crippen molar-refractivity contribution in [3.05, 3.63) is 35.6 Å². The van der Waals surface area contributed by atoms with Gasteiger partial charge in [0.05, 0.1) is 0 Å². The Balaban J connectivity index is 1.90. The van der Waals surface area contributed by atoms with E-state index in [2.05, 4.69) is 17.6 Å². The van der Waals surface area contributed by atoms with Crippen LogP contribution in [0.2, 0.25) is 0 Å². The van der Waals surface area contributed by atoms with Crippen LogP contribution in [0.1, 0.15) is 25.8 Å². The Labute approximate surface area is 120 Å². The molecule has 2 rings (SSSR count). The van der Waals surface area contributed by atoms with Gasteiger partial charge >= 0.3 is 0 Å². The summed E-state index contributed by atoms with van der Waals surface area (Å²) in [5.74, 6) is 0.0109. The molecule has 110 valence electrons. The molecule has 3 unspecified atom stereocenters. The van der Waals surface area contributed by atoms with E-state index in [-0.39, 0.29) is 23.7 Å². The van der Waals surface area contributed by atoms with Gasteiger partial charge in [-0.1, -0.05) is 32.0 Å². The maximum atomic E-state index is 13.6. The van der Waals surface area contributed by atoms with E-state index in [0.29, 0.717) is 17.9 Å². The predicted molar refractivity (Wildman–Crippen MR) is 77.8 cm³/mol. The Hall–Kier alpha value is -1.42. The molecule has 1 amide bonds. The summed E-state index contributed by atoms with van der Waals surface area (Å²) in [4.78, 5) is 12.2. The van der Waals surface area contributed by atoms with Gasteiger partial charge in [-0.15, -0.1) is 0 Å². The van der Waals surface area contributed by atoms with Gasteiger partial charge in [0.2, 0.25) is 5.91 Å². The molecule has 0 radical (unpaired) electrons. The van der Waals surface area contributed by atoms with Crippen LogP contribution in [0.15, 0.2) is 24.3 Å². The van der Waals surface area contributed by atoms with Crippen molar-refractivity contribution in [1.82, 2.24) is 10.6 Å². The highest BCUT2D eigenvalue weighted by Crippen LogP contribution is 2.15. The molecule has 20 heavy (non-hydrogen) atoms. The second kappa shape index (κ2) is 6.84. The molecular formula is C16H23FN2O. The maximum Gasteiger partial charge on any atom is 0.223 e. The number of piperidine rings is 1. The van der Waals surface area contributed by atoms with E-state index in [0.717, 1.165) is 19.5 Å². The third kappa shape index (κ3) is 3.79. The number of amides is 1. The van der Waals surface area contributed by atoms with E-state index in [1.165, 1.54) is 6.07 Å². The minimum absolute atomic E-state index is 0.0204. The molecule has 3 nitrogen and oxygen atoms in total. The van der Waals surface area contributed by atoms with Gasteiger partial charge in [0.25, 0.3) is 0 Å². The Morgan fingerprint density at radius 2 is 2.25 bits per heavy atom. The second-order valence-corrected chi connectivity index (χ2v) is 5.78. The van der Waals surface area contributed by atoms with Crippen LogP contribution in [0.5, 0.6) is 0 Å². The smallest absolute Gasteiger partial charge is 0.223 e. The highest BCUT2D eigenvalue weighted by molar-refractivity contribution is 5.79. The Bertz CT molecular complexity index is 464. The van der Waals surface area contributed by atoms with Crippen molar-refractivity contribution in [3.8, 4) is 0 Å². The van der Waals surface area contributed by atoms with Crippen molar-refractivity contribution in [1.29, 1.82) is 0 Å². The fourth-order valence-electron chi connectivity index (χ4n) is 2.64. The minimum atomic E-state index is -0.234. The molecule has 1 aromatic carbocycles. The minimum Gasteiger partial charge on any atom is -0.353 e. The molecule has 1 aliphatic heterocycles. The van der Waals surface area contributed by atoms with Gasteiger partial charge in [-0.2, -0.15) is 0 Å². The predicted octanol–water partition coefficient (Wildman–Crippen LogP) is 2.12. The molecule has 1 aromatic rings. The Morgan fingerprint density at radius 1 is 1.50 bits per heavy atom. The van der Waals surface area contributed by atoms with E-state index in [1.54, 1.807) is 18.2 Å². The van der Waals surface area contributed by atoms with Gasteiger partial charge in [-0.3, -0.25) is 4.79 Å². The molecular weight excluding hydrogens is 255 g/mol.